The van der Waals surface area contributed by atoms with Gasteiger partial charge in [0.1, 0.15) is 10.7 Å². The fraction of sp³-hybridized carbons (Fsp3) is 0.615. The third-order valence-corrected chi connectivity index (χ3v) is 5.59. The van der Waals surface area contributed by atoms with Crippen molar-refractivity contribution in [2.75, 3.05) is 13.6 Å². The summed E-state index contributed by atoms with van der Waals surface area (Å²) in [7, 11) is 2.17. The van der Waals surface area contributed by atoms with E-state index in [0.29, 0.717) is 11.3 Å². The van der Waals surface area contributed by atoms with Crippen LogP contribution in [0.5, 0.6) is 0 Å². The Kier molecular flexibility index (Phi) is 2.95. The first-order valence-electron chi connectivity index (χ1n) is 6.32. The van der Waals surface area contributed by atoms with Crippen molar-refractivity contribution in [3.63, 3.8) is 0 Å². The lowest BCUT2D eigenvalue weighted by molar-refractivity contribution is 0.305. The molecule has 0 saturated carbocycles. The molecule has 2 aromatic heterocycles. The fourth-order valence-electron chi connectivity index (χ4n) is 2.85. The number of thiazole rings is 1. The van der Waals surface area contributed by atoms with Crippen molar-refractivity contribution in [2.24, 2.45) is 0 Å². The molecule has 0 aliphatic carbocycles. The zero-order chi connectivity index (χ0) is 13.0. The predicted molar refractivity (Wildman–Crippen MR) is 80.0 cm³/mol. The number of aryl methyl sites for hydroxylation is 3. The van der Waals surface area contributed by atoms with Crippen LogP contribution in [-0.4, -0.2) is 33.1 Å². The van der Waals surface area contributed by atoms with Gasteiger partial charge in [-0.1, -0.05) is 0 Å². The summed E-state index contributed by atoms with van der Waals surface area (Å²) in [4.78, 5) is 9.88. The standard InChI is InChI=1S/C13H19N3S2/c1-7-13-16(8(2)9(3)18-13)12(14-7)11-5-10(17)6-15(11)4/h10-11,17H,5-6H2,1-4H3. The van der Waals surface area contributed by atoms with E-state index in [1.54, 1.807) is 0 Å². The van der Waals surface area contributed by atoms with Gasteiger partial charge in [-0.05, 0) is 34.2 Å². The van der Waals surface area contributed by atoms with Crippen molar-refractivity contribution in [3.05, 3.63) is 22.1 Å². The third kappa shape index (κ3) is 1.72. The molecule has 3 rings (SSSR count). The molecule has 0 spiro atoms. The number of thiol groups is 1. The van der Waals surface area contributed by atoms with Crippen molar-refractivity contribution in [2.45, 2.75) is 38.5 Å². The fourth-order valence-corrected chi connectivity index (χ4v) is 4.35. The maximum absolute atomic E-state index is 4.82. The van der Waals surface area contributed by atoms with E-state index in [4.69, 9.17) is 4.98 Å². The van der Waals surface area contributed by atoms with Crippen LogP contribution in [0.15, 0.2) is 0 Å². The highest BCUT2D eigenvalue weighted by Gasteiger charge is 2.32. The van der Waals surface area contributed by atoms with E-state index in [0.717, 1.165) is 18.7 Å². The highest BCUT2D eigenvalue weighted by molar-refractivity contribution is 7.81. The second kappa shape index (κ2) is 4.25. The van der Waals surface area contributed by atoms with Crippen LogP contribution in [0, 0.1) is 20.8 Å². The Morgan fingerprint density at radius 1 is 1.33 bits per heavy atom. The summed E-state index contributed by atoms with van der Waals surface area (Å²) in [5.74, 6) is 1.20. The van der Waals surface area contributed by atoms with Gasteiger partial charge >= 0.3 is 0 Å². The number of hydrogen-bond acceptors (Lipinski definition) is 4. The SMILES string of the molecule is Cc1sc2c(C)nc(C3CC(S)CN3C)n2c1C. The molecule has 5 heteroatoms. The molecular weight excluding hydrogens is 262 g/mol. The Labute approximate surface area is 117 Å². The number of rotatable bonds is 1. The second-order valence-corrected chi connectivity index (χ2v) is 7.22. The molecule has 0 N–H and O–H groups in total. The number of nitrogens with zero attached hydrogens (tertiary/aromatic N) is 3. The van der Waals surface area contributed by atoms with Crippen LogP contribution < -0.4 is 0 Å². The normalized spacial score (nSPS) is 25.4. The predicted octanol–water partition coefficient (Wildman–Crippen LogP) is 3.00. The van der Waals surface area contributed by atoms with Crippen molar-refractivity contribution in [3.8, 4) is 0 Å². The highest BCUT2D eigenvalue weighted by atomic mass is 32.1. The van der Waals surface area contributed by atoms with Crippen LogP contribution in [0.3, 0.4) is 0 Å². The Morgan fingerprint density at radius 2 is 2.06 bits per heavy atom. The van der Waals surface area contributed by atoms with E-state index < -0.39 is 0 Å². The largest absolute Gasteiger partial charge is 0.295 e. The lowest BCUT2D eigenvalue weighted by Gasteiger charge is -2.18. The molecule has 0 bridgehead atoms. The zero-order valence-electron chi connectivity index (χ0n) is 11.3. The summed E-state index contributed by atoms with van der Waals surface area (Å²) in [6, 6.07) is 0.404. The molecular formula is C13H19N3S2. The summed E-state index contributed by atoms with van der Waals surface area (Å²) in [6.07, 6.45) is 1.09. The van der Waals surface area contributed by atoms with Crippen LogP contribution in [0.25, 0.3) is 4.83 Å². The zero-order valence-corrected chi connectivity index (χ0v) is 13.0. The van der Waals surface area contributed by atoms with Crippen molar-refractivity contribution < 1.29 is 0 Å². The molecule has 2 aromatic rings. The lowest BCUT2D eigenvalue weighted by atomic mass is 10.2. The first-order valence-corrected chi connectivity index (χ1v) is 7.65. The van der Waals surface area contributed by atoms with Gasteiger partial charge < -0.3 is 0 Å². The molecule has 0 amide bonds. The minimum Gasteiger partial charge on any atom is -0.295 e. The molecule has 3 heterocycles. The average molecular weight is 281 g/mol. The van der Waals surface area contributed by atoms with Gasteiger partial charge in [-0.25, -0.2) is 4.98 Å². The van der Waals surface area contributed by atoms with Crippen molar-refractivity contribution in [1.29, 1.82) is 0 Å². The van der Waals surface area contributed by atoms with Crippen molar-refractivity contribution in [1.82, 2.24) is 14.3 Å². The number of hydrogen-bond donors (Lipinski definition) is 1. The molecule has 2 unspecified atom stereocenters. The van der Waals surface area contributed by atoms with Gasteiger partial charge in [0.25, 0.3) is 0 Å². The monoisotopic (exact) mass is 281 g/mol. The smallest absolute Gasteiger partial charge is 0.131 e. The van der Waals surface area contributed by atoms with Gasteiger partial charge in [0.05, 0.1) is 11.7 Å². The first-order chi connectivity index (χ1) is 8.49. The number of aromatic nitrogens is 2. The summed E-state index contributed by atoms with van der Waals surface area (Å²) in [5.41, 5.74) is 2.49. The Hall–Kier alpha value is -0.520. The first kappa shape index (κ1) is 12.5. The summed E-state index contributed by atoms with van der Waals surface area (Å²) < 4.78 is 2.35. The molecule has 1 saturated heterocycles. The van der Waals surface area contributed by atoms with Crippen LogP contribution in [0.2, 0.25) is 0 Å². The molecule has 2 atom stereocenters. The summed E-state index contributed by atoms with van der Waals surface area (Å²) in [6.45, 7) is 7.54. The number of fused-ring (bicyclic) bond motifs is 1. The maximum Gasteiger partial charge on any atom is 0.131 e. The number of imidazole rings is 1. The van der Waals surface area contributed by atoms with E-state index in [-0.39, 0.29) is 0 Å². The van der Waals surface area contributed by atoms with E-state index in [9.17, 15) is 0 Å². The van der Waals surface area contributed by atoms with Crippen LogP contribution in [0.4, 0.5) is 0 Å². The molecule has 1 fully saturated rings. The average Bonchev–Trinajstić information content (AvgIpc) is 2.88. The number of likely N-dealkylation sites (tertiary alicyclic amines) is 1. The van der Waals surface area contributed by atoms with Crippen LogP contribution in [-0.2, 0) is 0 Å². The van der Waals surface area contributed by atoms with E-state index in [1.165, 1.54) is 21.2 Å². The van der Waals surface area contributed by atoms with Gasteiger partial charge in [0, 0.05) is 22.4 Å². The minimum absolute atomic E-state index is 0.404. The van der Waals surface area contributed by atoms with E-state index in [1.807, 2.05) is 11.3 Å². The molecule has 0 radical (unpaired) electrons. The topological polar surface area (TPSA) is 20.5 Å². The van der Waals surface area contributed by atoms with E-state index >= 15 is 0 Å². The van der Waals surface area contributed by atoms with Crippen LogP contribution >= 0.6 is 24.0 Å². The van der Waals surface area contributed by atoms with Gasteiger partial charge in [-0.3, -0.25) is 9.30 Å². The van der Waals surface area contributed by atoms with E-state index in [2.05, 4.69) is 49.7 Å². The Bertz CT molecular complexity index is 599. The lowest BCUT2D eigenvalue weighted by Crippen LogP contribution is -2.20. The van der Waals surface area contributed by atoms with Gasteiger partial charge in [-0.15, -0.1) is 11.3 Å². The second-order valence-electron chi connectivity index (χ2n) is 5.28. The molecule has 3 nitrogen and oxygen atoms in total. The molecule has 1 aliphatic heterocycles. The van der Waals surface area contributed by atoms with Gasteiger partial charge in [0.2, 0.25) is 0 Å². The summed E-state index contributed by atoms with van der Waals surface area (Å²) in [5, 5.41) is 0.465. The molecule has 98 valence electrons. The Morgan fingerprint density at radius 3 is 2.67 bits per heavy atom. The maximum atomic E-state index is 4.82. The molecule has 0 aromatic carbocycles. The van der Waals surface area contributed by atoms with Crippen molar-refractivity contribution >= 4 is 28.8 Å². The third-order valence-electron chi connectivity index (χ3n) is 3.94. The van der Waals surface area contributed by atoms with Gasteiger partial charge in [0.15, 0.2) is 0 Å². The quantitative estimate of drug-likeness (QED) is 0.811. The van der Waals surface area contributed by atoms with Gasteiger partial charge in [-0.2, -0.15) is 12.6 Å². The molecule has 1 aliphatic rings. The Balaban J connectivity index is 2.17. The highest BCUT2D eigenvalue weighted by Crippen LogP contribution is 2.36. The molecule has 18 heavy (non-hydrogen) atoms. The van der Waals surface area contributed by atoms with Crippen LogP contribution in [0.1, 0.15) is 34.6 Å². The summed E-state index contributed by atoms with van der Waals surface area (Å²) >= 11 is 6.47. The minimum atomic E-state index is 0.404.